The van der Waals surface area contributed by atoms with Gasteiger partial charge in [-0.05, 0) is 79.8 Å². The Morgan fingerprint density at radius 2 is 1.69 bits per heavy atom. The quantitative estimate of drug-likeness (QED) is 0.463. The first-order valence-corrected chi connectivity index (χ1v) is 10.2. The number of hydrogen-bond acceptors (Lipinski definition) is 5. The predicted molar refractivity (Wildman–Crippen MR) is 114 cm³/mol. The number of ketones is 1. The first-order valence-electron chi connectivity index (χ1n) is 10.2. The van der Waals surface area contributed by atoms with E-state index in [0.717, 1.165) is 67.3 Å². The van der Waals surface area contributed by atoms with Crippen LogP contribution < -0.4 is 14.2 Å². The average molecular weight is 398 g/mol. The molecule has 0 aliphatic carbocycles. The molecule has 0 spiro atoms. The minimum Gasteiger partial charge on any atom is -0.497 e. The number of rotatable bonds is 9. The summed E-state index contributed by atoms with van der Waals surface area (Å²) < 4.78 is 16.1. The number of methoxy groups -OCH3 is 3. The summed E-state index contributed by atoms with van der Waals surface area (Å²) in [4.78, 5) is 15.0. The zero-order valence-corrected chi connectivity index (χ0v) is 17.9. The Balaban J connectivity index is 1.49. The highest BCUT2D eigenvalue weighted by Gasteiger charge is 2.19. The Labute approximate surface area is 173 Å². The maximum Gasteiger partial charge on any atom is 0.163 e. The molecule has 1 aliphatic rings. The van der Waals surface area contributed by atoms with Crippen LogP contribution in [0.25, 0.3) is 0 Å². The molecule has 29 heavy (non-hydrogen) atoms. The molecule has 0 aromatic heterocycles. The fourth-order valence-electron chi connectivity index (χ4n) is 3.96. The van der Waals surface area contributed by atoms with Crippen LogP contribution in [0.2, 0.25) is 0 Å². The van der Waals surface area contributed by atoms with Gasteiger partial charge >= 0.3 is 0 Å². The second kappa shape index (κ2) is 9.79. The summed E-state index contributed by atoms with van der Waals surface area (Å²) in [5.74, 6) is 2.59. The van der Waals surface area contributed by atoms with E-state index in [1.165, 1.54) is 11.1 Å². The van der Waals surface area contributed by atoms with Crippen molar-refractivity contribution in [3.8, 4) is 17.2 Å². The minimum absolute atomic E-state index is 0.214. The Morgan fingerprint density at radius 3 is 2.34 bits per heavy atom. The number of unbranched alkanes of at least 4 members (excludes halogenated alkanes) is 1. The van der Waals surface area contributed by atoms with E-state index in [9.17, 15) is 4.79 Å². The lowest BCUT2D eigenvalue weighted by molar-refractivity contribution is 0.0977. The standard InChI is InChI=1S/C24H31NO4/c1-17-13-20(27-2)8-9-21(17)22(26)7-5-6-11-25-12-10-18-14-23(28-3)24(29-4)15-19(18)16-25/h8-9,13-15H,5-7,10-12,16H2,1-4H3. The van der Waals surface area contributed by atoms with Crippen LogP contribution in [0, 0.1) is 6.92 Å². The molecule has 0 bridgehead atoms. The van der Waals surface area contributed by atoms with E-state index >= 15 is 0 Å². The van der Waals surface area contributed by atoms with Crippen molar-refractivity contribution in [2.45, 2.75) is 39.2 Å². The second-order valence-corrected chi connectivity index (χ2v) is 7.56. The molecule has 0 atom stereocenters. The molecule has 0 amide bonds. The maximum atomic E-state index is 12.5. The Morgan fingerprint density at radius 1 is 0.966 bits per heavy atom. The third kappa shape index (κ3) is 5.10. The van der Waals surface area contributed by atoms with Gasteiger partial charge in [0.2, 0.25) is 0 Å². The van der Waals surface area contributed by atoms with Crippen molar-refractivity contribution in [1.82, 2.24) is 4.90 Å². The van der Waals surface area contributed by atoms with Gasteiger partial charge in [0.1, 0.15) is 5.75 Å². The van der Waals surface area contributed by atoms with Gasteiger partial charge in [0, 0.05) is 25.1 Å². The Kier molecular flexibility index (Phi) is 7.15. The van der Waals surface area contributed by atoms with Gasteiger partial charge in [-0.15, -0.1) is 0 Å². The zero-order chi connectivity index (χ0) is 20.8. The van der Waals surface area contributed by atoms with Crippen molar-refractivity contribution in [2.75, 3.05) is 34.4 Å². The van der Waals surface area contributed by atoms with Crippen molar-refractivity contribution in [3.63, 3.8) is 0 Å². The summed E-state index contributed by atoms with van der Waals surface area (Å²) in [5.41, 5.74) is 4.42. The molecule has 5 heteroatoms. The number of aryl methyl sites for hydroxylation is 1. The van der Waals surface area contributed by atoms with Gasteiger partial charge in [-0.1, -0.05) is 0 Å². The second-order valence-electron chi connectivity index (χ2n) is 7.56. The molecule has 2 aromatic carbocycles. The first kappa shape index (κ1) is 21.2. The molecule has 156 valence electrons. The molecule has 2 aromatic rings. The van der Waals surface area contributed by atoms with E-state index in [1.807, 2.05) is 25.1 Å². The number of Topliss-reactive ketones (excluding diaryl/α,β-unsaturated/α-hetero) is 1. The van der Waals surface area contributed by atoms with E-state index in [4.69, 9.17) is 14.2 Å². The fraction of sp³-hybridized carbons (Fsp3) is 0.458. The molecule has 0 N–H and O–H groups in total. The van der Waals surface area contributed by atoms with E-state index in [2.05, 4.69) is 17.0 Å². The highest BCUT2D eigenvalue weighted by atomic mass is 16.5. The average Bonchev–Trinajstić information content (AvgIpc) is 2.75. The number of carbonyl (C=O) groups is 1. The number of hydrogen-bond donors (Lipinski definition) is 0. The first-order chi connectivity index (χ1) is 14.0. The molecular formula is C24H31NO4. The van der Waals surface area contributed by atoms with Crippen LogP contribution in [0.4, 0.5) is 0 Å². The van der Waals surface area contributed by atoms with Crippen molar-refractivity contribution in [3.05, 3.63) is 52.6 Å². The number of benzene rings is 2. The number of ether oxygens (including phenoxy) is 3. The topological polar surface area (TPSA) is 48.0 Å². The molecular weight excluding hydrogens is 366 g/mol. The number of carbonyl (C=O) groups excluding carboxylic acids is 1. The van der Waals surface area contributed by atoms with Crippen molar-refractivity contribution in [1.29, 1.82) is 0 Å². The summed E-state index contributed by atoms with van der Waals surface area (Å²) in [6.07, 6.45) is 3.52. The van der Waals surface area contributed by atoms with Crippen LogP contribution in [-0.2, 0) is 13.0 Å². The van der Waals surface area contributed by atoms with Crippen LogP contribution in [0.5, 0.6) is 17.2 Å². The van der Waals surface area contributed by atoms with Crippen LogP contribution in [0.1, 0.15) is 46.3 Å². The lowest BCUT2D eigenvalue weighted by Gasteiger charge is -2.29. The normalized spacial score (nSPS) is 13.7. The van der Waals surface area contributed by atoms with Crippen molar-refractivity contribution < 1.29 is 19.0 Å². The third-order valence-electron chi connectivity index (χ3n) is 5.66. The largest absolute Gasteiger partial charge is 0.497 e. The summed E-state index contributed by atoms with van der Waals surface area (Å²) in [6, 6.07) is 9.84. The van der Waals surface area contributed by atoms with Gasteiger partial charge in [0.05, 0.1) is 21.3 Å². The molecule has 0 saturated heterocycles. The van der Waals surface area contributed by atoms with Gasteiger partial charge in [-0.2, -0.15) is 0 Å². The van der Waals surface area contributed by atoms with Gasteiger partial charge in [0.15, 0.2) is 17.3 Å². The Hall–Kier alpha value is -2.53. The lowest BCUT2D eigenvalue weighted by atomic mass is 9.98. The SMILES string of the molecule is COc1ccc(C(=O)CCCCN2CCc3cc(OC)c(OC)cc3C2)c(C)c1. The van der Waals surface area contributed by atoms with Crippen LogP contribution >= 0.6 is 0 Å². The van der Waals surface area contributed by atoms with Gasteiger partial charge in [-0.3, -0.25) is 9.69 Å². The molecule has 5 nitrogen and oxygen atoms in total. The van der Waals surface area contributed by atoms with Crippen LogP contribution in [0.3, 0.4) is 0 Å². The fourth-order valence-corrected chi connectivity index (χ4v) is 3.96. The molecule has 0 radical (unpaired) electrons. The summed E-state index contributed by atoms with van der Waals surface area (Å²) in [7, 11) is 4.99. The lowest BCUT2D eigenvalue weighted by Crippen LogP contribution is -2.31. The molecule has 1 heterocycles. The van der Waals surface area contributed by atoms with Gasteiger partial charge in [0.25, 0.3) is 0 Å². The van der Waals surface area contributed by atoms with E-state index in [-0.39, 0.29) is 5.78 Å². The third-order valence-corrected chi connectivity index (χ3v) is 5.66. The van der Waals surface area contributed by atoms with E-state index in [0.29, 0.717) is 6.42 Å². The number of nitrogens with zero attached hydrogens (tertiary/aromatic N) is 1. The summed E-state index contributed by atoms with van der Waals surface area (Å²) in [5, 5.41) is 0. The molecule has 1 aliphatic heterocycles. The monoisotopic (exact) mass is 397 g/mol. The predicted octanol–water partition coefficient (Wildman–Crippen LogP) is 4.43. The molecule has 3 rings (SSSR count). The highest BCUT2D eigenvalue weighted by molar-refractivity contribution is 5.97. The van der Waals surface area contributed by atoms with E-state index < -0.39 is 0 Å². The van der Waals surface area contributed by atoms with Gasteiger partial charge in [-0.25, -0.2) is 0 Å². The molecule has 0 saturated carbocycles. The minimum atomic E-state index is 0.214. The zero-order valence-electron chi connectivity index (χ0n) is 17.9. The van der Waals surface area contributed by atoms with Crippen LogP contribution in [0.15, 0.2) is 30.3 Å². The van der Waals surface area contributed by atoms with Crippen molar-refractivity contribution in [2.24, 2.45) is 0 Å². The van der Waals surface area contributed by atoms with E-state index in [1.54, 1.807) is 21.3 Å². The van der Waals surface area contributed by atoms with Crippen LogP contribution in [-0.4, -0.2) is 45.1 Å². The summed E-state index contributed by atoms with van der Waals surface area (Å²) in [6.45, 7) is 4.92. The Bertz CT molecular complexity index is 862. The molecule has 0 unspecified atom stereocenters. The maximum absolute atomic E-state index is 12.5. The molecule has 0 fully saturated rings. The van der Waals surface area contributed by atoms with Crippen molar-refractivity contribution >= 4 is 5.78 Å². The smallest absolute Gasteiger partial charge is 0.163 e. The highest BCUT2D eigenvalue weighted by Crippen LogP contribution is 2.33. The number of fused-ring (bicyclic) bond motifs is 1. The van der Waals surface area contributed by atoms with Gasteiger partial charge < -0.3 is 14.2 Å². The summed E-state index contributed by atoms with van der Waals surface area (Å²) >= 11 is 0.